The number of rotatable bonds is 6. The Kier molecular flexibility index (Phi) is 5.44. The Morgan fingerprint density at radius 1 is 1.30 bits per heavy atom. The lowest BCUT2D eigenvalue weighted by Gasteiger charge is -2.12. The molecule has 3 rings (SSSR count). The number of benzene rings is 1. The number of ether oxygens (including phenoxy) is 1. The normalized spacial score (nSPS) is 11.2. The minimum Gasteiger partial charge on any atom is -0.496 e. The Bertz CT molecular complexity index is 976. The summed E-state index contributed by atoms with van der Waals surface area (Å²) in [4.78, 5) is 17.6. The number of pyridine rings is 1. The van der Waals surface area contributed by atoms with E-state index < -0.39 is 0 Å². The molecule has 0 aliphatic heterocycles. The summed E-state index contributed by atoms with van der Waals surface area (Å²) in [5.41, 5.74) is 4.15. The van der Waals surface area contributed by atoms with E-state index in [9.17, 15) is 4.79 Å². The van der Waals surface area contributed by atoms with Crippen molar-refractivity contribution < 1.29 is 9.53 Å². The second kappa shape index (κ2) is 7.78. The van der Waals surface area contributed by atoms with E-state index in [2.05, 4.69) is 24.3 Å². The molecule has 6 heteroatoms. The number of fused-ring (bicyclic) bond motifs is 1. The van der Waals surface area contributed by atoms with Gasteiger partial charge < -0.3 is 10.1 Å². The maximum atomic E-state index is 12.9. The topological polar surface area (TPSA) is 69.0 Å². The zero-order chi connectivity index (χ0) is 19.6. The first kappa shape index (κ1) is 18.9. The Morgan fingerprint density at radius 2 is 2.04 bits per heavy atom. The molecule has 0 bridgehead atoms. The molecular weight excluding hydrogens is 340 g/mol. The maximum absolute atomic E-state index is 12.9. The van der Waals surface area contributed by atoms with E-state index >= 15 is 0 Å². The molecule has 1 aromatic carbocycles. The molecule has 27 heavy (non-hydrogen) atoms. The maximum Gasteiger partial charge on any atom is 0.252 e. The molecule has 0 saturated heterocycles. The Hall–Kier alpha value is -2.89. The Morgan fingerprint density at radius 3 is 2.74 bits per heavy atom. The molecule has 0 atom stereocenters. The first-order valence-electron chi connectivity index (χ1n) is 9.16. The summed E-state index contributed by atoms with van der Waals surface area (Å²) in [5.74, 6) is 0.961. The number of hydrogen-bond acceptors (Lipinski definition) is 4. The van der Waals surface area contributed by atoms with Crippen molar-refractivity contribution in [2.24, 2.45) is 7.05 Å². The van der Waals surface area contributed by atoms with Gasteiger partial charge in [-0.15, -0.1) is 0 Å². The lowest BCUT2D eigenvalue weighted by Crippen LogP contribution is -2.26. The van der Waals surface area contributed by atoms with Crippen LogP contribution in [-0.2, 0) is 13.5 Å². The van der Waals surface area contributed by atoms with Crippen LogP contribution in [0.4, 0.5) is 0 Å². The van der Waals surface area contributed by atoms with E-state index in [1.54, 1.807) is 11.8 Å². The molecular formula is C21H26N4O2. The van der Waals surface area contributed by atoms with Crippen molar-refractivity contribution in [3.63, 3.8) is 0 Å². The van der Waals surface area contributed by atoms with Crippen molar-refractivity contribution in [3.05, 3.63) is 52.8 Å². The van der Waals surface area contributed by atoms with E-state index in [1.165, 1.54) is 0 Å². The molecule has 0 fully saturated rings. The largest absolute Gasteiger partial charge is 0.496 e. The molecule has 0 unspecified atom stereocenters. The van der Waals surface area contributed by atoms with Crippen LogP contribution in [-0.4, -0.2) is 34.3 Å². The zero-order valence-corrected chi connectivity index (χ0v) is 16.5. The van der Waals surface area contributed by atoms with Gasteiger partial charge in [0.1, 0.15) is 5.75 Å². The summed E-state index contributed by atoms with van der Waals surface area (Å²) in [6.45, 7) is 6.57. The fourth-order valence-corrected chi connectivity index (χ4v) is 3.25. The predicted octanol–water partition coefficient (Wildman–Crippen LogP) is 3.38. The summed E-state index contributed by atoms with van der Waals surface area (Å²) >= 11 is 0. The number of aromatic nitrogens is 3. The fourth-order valence-electron chi connectivity index (χ4n) is 3.25. The highest BCUT2D eigenvalue weighted by Gasteiger charge is 2.19. The summed E-state index contributed by atoms with van der Waals surface area (Å²) in [7, 11) is 3.51. The van der Waals surface area contributed by atoms with Gasteiger partial charge in [-0.3, -0.25) is 9.48 Å². The van der Waals surface area contributed by atoms with E-state index in [0.29, 0.717) is 18.5 Å². The third-order valence-electron chi connectivity index (χ3n) is 4.70. The van der Waals surface area contributed by atoms with E-state index in [0.717, 1.165) is 33.7 Å². The van der Waals surface area contributed by atoms with Gasteiger partial charge in [-0.2, -0.15) is 5.10 Å². The van der Waals surface area contributed by atoms with Gasteiger partial charge in [0.15, 0.2) is 5.65 Å². The van der Waals surface area contributed by atoms with Gasteiger partial charge in [0.25, 0.3) is 5.91 Å². The quantitative estimate of drug-likeness (QED) is 0.726. The summed E-state index contributed by atoms with van der Waals surface area (Å²) in [6, 6.07) is 9.74. The smallest absolute Gasteiger partial charge is 0.252 e. The molecule has 1 N–H and O–H groups in total. The van der Waals surface area contributed by atoms with Gasteiger partial charge in [0, 0.05) is 19.3 Å². The highest BCUT2D eigenvalue weighted by atomic mass is 16.5. The monoisotopic (exact) mass is 366 g/mol. The number of methoxy groups -OCH3 is 1. The van der Waals surface area contributed by atoms with Crippen LogP contribution in [0.1, 0.15) is 47.1 Å². The predicted molar refractivity (Wildman–Crippen MR) is 106 cm³/mol. The van der Waals surface area contributed by atoms with Crippen molar-refractivity contribution in [2.75, 3.05) is 13.7 Å². The van der Waals surface area contributed by atoms with Crippen LogP contribution in [0.25, 0.3) is 11.0 Å². The van der Waals surface area contributed by atoms with Crippen molar-refractivity contribution in [1.29, 1.82) is 0 Å². The van der Waals surface area contributed by atoms with Crippen LogP contribution >= 0.6 is 0 Å². The highest BCUT2D eigenvalue weighted by Crippen LogP contribution is 2.25. The third kappa shape index (κ3) is 3.79. The molecule has 0 spiro atoms. The first-order valence-corrected chi connectivity index (χ1v) is 9.16. The number of amides is 1. The standard InChI is InChI=1S/C21H26N4O2/c1-13(2)17-12-16(19-14(3)24-25(4)20(19)23-17)21(26)22-11-10-15-8-6-7-9-18(15)27-5/h6-9,12-13H,10-11H2,1-5H3,(H,22,26). The highest BCUT2D eigenvalue weighted by molar-refractivity contribution is 6.06. The Labute approximate surface area is 159 Å². The van der Waals surface area contributed by atoms with E-state index in [4.69, 9.17) is 9.72 Å². The number of para-hydroxylation sites is 1. The average Bonchev–Trinajstić information content (AvgIpc) is 2.95. The molecule has 0 radical (unpaired) electrons. The summed E-state index contributed by atoms with van der Waals surface area (Å²) in [6.07, 6.45) is 0.701. The SMILES string of the molecule is COc1ccccc1CCNC(=O)c1cc(C(C)C)nc2c1c(C)nn2C. The lowest BCUT2D eigenvalue weighted by molar-refractivity contribution is 0.0955. The average molecular weight is 366 g/mol. The number of nitrogens with one attached hydrogen (secondary N) is 1. The molecule has 2 heterocycles. The summed E-state index contributed by atoms with van der Waals surface area (Å²) in [5, 5.41) is 8.29. The molecule has 0 aliphatic carbocycles. The van der Waals surface area contributed by atoms with Crippen LogP contribution in [0.5, 0.6) is 5.75 Å². The molecule has 2 aromatic heterocycles. The number of carbonyl (C=O) groups excluding carboxylic acids is 1. The lowest BCUT2D eigenvalue weighted by atomic mass is 10.0. The van der Waals surface area contributed by atoms with Gasteiger partial charge in [0.05, 0.1) is 23.8 Å². The minimum absolute atomic E-state index is 0.102. The first-order chi connectivity index (χ1) is 12.9. The summed E-state index contributed by atoms with van der Waals surface area (Å²) < 4.78 is 7.11. The second-order valence-electron chi connectivity index (χ2n) is 6.97. The number of aryl methyl sites for hydroxylation is 2. The second-order valence-corrected chi connectivity index (χ2v) is 6.97. The number of carbonyl (C=O) groups is 1. The van der Waals surface area contributed by atoms with Crippen LogP contribution in [0, 0.1) is 6.92 Å². The van der Waals surface area contributed by atoms with Gasteiger partial charge in [-0.25, -0.2) is 4.98 Å². The minimum atomic E-state index is -0.102. The van der Waals surface area contributed by atoms with Crippen LogP contribution in [0.3, 0.4) is 0 Å². The molecule has 3 aromatic rings. The zero-order valence-electron chi connectivity index (χ0n) is 16.5. The molecule has 1 amide bonds. The molecule has 6 nitrogen and oxygen atoms in total. The van der Waals surface area contributed by atoms with Crippen molar-refractivity contribution in [3.8, 4) is 5.75 Å². The van der Waals surface area contributed by atoms with Crippen molar-refractivity contribution in [2.45, 2.75) is 33.1 Å². The van der Waals surface area contributed by atoms with Crippen LogP contribution < -0.4 is 10.1 Å². The third-order valence-corrected chi connectivity index (χ3v) is 4.70. The van der Waals surface area contributed by atoms with E-state index in [1.807, 2.05) is 44.3 Å². The molecule has 0 saturated carbocycles. The van der Waals surface area contributed by atoms with Gasteiger partial charge >= 0.3 is 0 Å². The van der Waals surface area contributed by atoms with Gasteiger partial charge in [-0.05, 0) is 37.0 Å². The molecule has 142 valence electrons. The van der Waals surface area contributed by atoms with E-state index in [-0.39, 0.29) is 11.8 Å². The van der Waals surface area contributed by atoms with Crippen molar-refractivity contribution >= 4 is 16.9 Å². The van der Waals surface area contributed by atoms with Crippen molar-refractivity contribution in [1.82, 2.24) is 20.1 Å². The van der Waals surface area contributed by atoms with Crippen LogP contribution in [0.2, 0.25) is 0 Å². The molecule has 0 aliphatic rings. The Balaban J connectivity index is 1.85. The number of nitrogens with zero attached hydrogens (tertiary/aromatic N) is 3. The van der Waals surface area contributed by atoms with Gasteiger partial charge in [-0.1, -0.05) is 32.0 Å². The van der Waals surface area contributed by atoms with Crippen LogP contribution in [0.15, 0.2) is 30.3 Å². The fraction of sp³-hybridized carbons (Fsp3) is 0.381. The van der Waals surface area contributed by atoms with Gasteiger partial charge in [0.2, 0.25) is 0 Å². The number of hydrogen-bond donors (Lipinski definition) is 1.